The Hall–Kier alpha value is -1.16. The zero-order chi connectivity index (χ0) is 11.4. The van der Waals surface area contributed by atoms with Gasteiger partial charge >= 0.3 is 0 Å². The molecule has 2 N–H and O–H groups in total. The van der Waals surface area contributed by atoms with Crippen molar-refractivity contribution in [3.63, 3.8) is 0 Å². The Bertz CT molecular complexity index is 338. The lowest BCUT2D eigenvalue weighted by Gasteiger charge is -2.35. The molecule has 1 fully saturated rings. The second kappa shape index (κ2) is 5.25. The Morgan fingerprint density at radius 3 is 3.12 bits per heavy atom. The average Bonchev–Trinajstić information content (AvgIpc) is 2.30. The van der Waals surface area contributed by atoms with Crippen molar-refractivity contribution in [3.05, 3.63) is 18.0 Å². The molecule has 0 aliphatic carbocycles. The number of nitrogens with zero attached hydrogens (tertiary/aromatic N) is 3. The predicted octanol–water partition coefficient (Wildman–Crippen LogP) is 1.49. The molecular weight excluding hydrogens is 200 g/mol. The number of hydrogen-bond donors (Lipinski definition) is 1. The summed E-state index contributed by atoms with van der Waals surface area (Å²) < 4.78 is 0. The summed E-state index contributed by atoms with van der Waals surface area (Å²) in [6.45, 7) is 3.81. The van der Waals surface area contributed by atoms with E-state index >= 15 is 0 Å². The zero-order valence-corrected chi connectivity index (χ0v) is 9.89. The lowest BCUT2D eigenvalue weighted by molar-refractivity contribution is 0.435. The van der Waals surface area contributed by atoms with Crippen LogP contribution < -0.4 is 10.6 Å². The maximum atomic E-state index is 5.66. The summed E-state index contributed by atoms with van der Waals surface area (Å²) in [5.41, 5.74) is 6.69. The standard InChI is InChI=1S/C12H20N4/c1-10-6-8-14-12(15-10)16-9-3-2-4-11(16)5-7-13/h6,8,11H,2-5,7,9,13H2,1H3. The quantitative estimate of drug-likeness (QED) is 0.838. The van der Waals surface area contributed by atoms with Crippen LogP contribution >= 0.6 is 0 Å². The van der Waals surface area contributed by atoms with Crippen molar-refractivity contribution >= 4 is 5.95 Å². The van der Waals surface area contributed by atoms with E-state index in [1.165, 1.54) is 19.3 Å². The van der Waals surface area contributed by atoms with Crippen molar-refractivity contribution in [2.45, 2.75) is 38.6 Å². The first kappa shape index (κ1) is 11.3. The van der Waals surface area contributed by atoms with Crippen molar-refractivity contribution in [2.24, 2.45) is 5.73 Å². The molecule has 2 rings (SSSR count). The van der Waals surface area contributed by atoms with Crippen LogP contribution in [0.25, 0.3) is 0 Å². The molecule has 0 bridgehead atoms. The molecule has 1 atom stereocenters. The largest absolute Gasteiger partial charge is 0.338 e. The fourth-order valence-electron chi connectivity index (χ4n) is 2.33. The highest BCUT2D eigenvalue weighted by molar-refractivity contribution is 5.32. The van der Waals surface area contributed by atoms with E-state index in [-0.39, 0.29) is 0 Å². The Morgan fingerprint density at radius 2 is 2.38 bits per heavy atom. The van der Waals surface area contributed by atoms with Crippen molar-refractivity contribution in [1.29, 1.82) is 0 Å². The number of piperidine rings is 1. The SMILES string of the molecule is Cc1ccnc(N2CCCCC2CCN)n1. The van der Waals surface area contributed by atoms with Crippen LogP contribution in [-0.2, 0) is 0 Å². The molecule has 1 saturated heterocycles. The molecule has 4 nitrogen and oxygen atoms in total. The van der Waals surface area contributed by atoms with Gasteiger partial charge in [0.2, 0.25) is 5.95 Å². The third kappa shape index (κ3) is 2.50. The first-order valence-corrected chi connectivity index (χ1v) is 6.07. The van der Waals surface area contributed by atoms with Crippen LogP contribution in [0, 0.1) is 6.92 Å². The van der Waals surface area contributed by atoms with Crippen LogP contribution in [0.3, 0.4) is 0 Å². The molecule has 1 aromatic rings. The maximum absolute atomic E-state index is 5.66. The number of aryl methyl sites for hydroxylation is 1. The van der Waals surface area contributed by atoms with Gasteiger partial charge in [0, 0.05) is 24.5 Å². The molecular formula is C12H20N4. The third-order valence-electron chi connectivity index (χ3n) is 3.17. The Balaban J connectivity index is 2.16. The summed E-state index contributed by atoms with van der Waals surface area (Å²) in [7, 11) is 0. The molecule has 1 aliphatic rings. The van der Waals surface area contributed by atoms with Gasteiger partial charge in [-0.1, -0.05) is 0 Å². The highest BCUT2D eigenvalue weighted by Gasteiger charge is 2.23. The molecule has 4 heteroatoms. The maximum Gasteiger partial charge on any atom is 0.225 e. The fraction of sp³-hybridized carbons (Fsp3) is 0.667. The van der Waals surface area contributed by atoms with Crippen LogP contribution in [0.4, 0.5) is 5.95 Å². The number of hydrogen-bond acceptors (Lipinski definition) is 4. The van der Waals surface area contributed by atoms with Gasteiger partial charge in [-0.3, -0.25) is 0 Å². The lowest BCUT2D eigenvalue weighted by Crippen LogP contribution is -2.41. The van der Waals surface area contributed by atoms with Gasteiger partial charge in [0.25, 0.3) is 0 Å². The van der Waals surface area contributed by atoms with Gasteiger partial charge in [-0.15, -0.1) is 0 Å². The molecule has 1 aromatic heterocycles. The van der Waals surface area contributed by atoms with E-state index < -0.39 is 0 Å². The van der Waals surface area contributed by atoms with Crippen LogP contribution in [0.1, 0.15) is 31.4 Å². The van der Waals surface area contributed by atoms with Gasteiger partial charge in [0.05, 0.1) is 0 Å². The van der Waals surface area contributed by atoms with Crippen LogP contribution in [0.5, 0.6) is 0 Å². The molecule has 1 aliphatic heterocycles. The van der Waals surface area contributed by atoms with Crippen molar-refractivity contribution in [2.75, 3.05) is 18.0 Å². The summed E-state index contributed by atoms with van der Waals surface area (Å²) >= 11 is 0. The Kier molecular flexibility index (Phi) is 3.72. The minimum absolute atomic E-state index is 0.528. The molecule has 0 radical (unpaired) electrons. The number of anilines is 1. The van der Waals surface area contributed by atoms with Crippen LogP contribution in [-0.4, -0.2) is 29.1 Å². The molecule has 1 unspecified atom stereocenters. The number of rotatable bonds is 3. The topological polar surface area (TPSA) is 55.0 Å². The lowest BCUT2D eigenvalue weighted by atomic mass is 10.00. The molecule has 2 heterocycles. The second-order valence-electron chi connectivity index (χ2n) is 4.42. The second-order valence-corrected chi connectivity index (χ2v) is 4.42. The molecule has 0 saturated carbocycles. The zero-order valence-electron chi connectivity index (χ0n) is 9.89. The van der Waals surface area contributed by atoms with Gasteiger partial charge in [-0.05, 0) is 45.2 Å². The highest BCUT2D eigenvalue weighted by atomic mass is 15.3. The smallest absolute Gasteiger partial charge is 0.225 e. The average molecular weight is 220 g/mol. The van der Waals surface area contributed by atoms with E-state index in [0.717, 1.165) is 31.2 Å². The molecule has 16 heavy (non-hydrogen) atoms. The highest BCUT2D eigenvalue weighted by Crippen LogP contribution is 2.23. The summed E-state index contributed by atoms with van der Waals surface area (Å²) in [6.07, 6.45) is 6.63. The summed E-state index contributed by atoms with van der Waals surface area (Å²) in [6, 6.07) is 2.46. The van der Waals surface area contributed by atoms with Crippen LogP contribution in [0.2, 0.25) is 0 Å². The first-order chi connectivity index (χ1) is 7.81. The molecule has 0 aromatic carbocycles. The van der Waals surface area contributed by atoms with Gasteiger partial charge in [-0.25, -0.2) is 9.97 Å². The third-order valence-corrected chi connectivity index (χ3v) is 3.17. The Labute approximate surface area is 96.9 Å². The Morgan fingerprint density at radius 1 is 1.50 bits per heavy atom. The summed E-state index contributed by atoms with van der Waals surface area (Å²) in [5, 5.41) is 0. The number of nitrogens with two attached hydrogens (primary N) is 1. The molecule has 0 amide bonds. The molecule has 88 valence electrons. The van der Waals surface area contributed by atoms with Gasteiger partial charge in [0.15, 0.2) is 0 Å². The van der Waals surface area contributed by atoms with E-state index in [0.29, 0.717) is 6.04 Å². The van der Waals surface area contributed by atoms with E-state index in [1.807, 2.05) is 19.2 Å². The van der Waals surface area contributed by atoms with Gasteiger partial charge in [-0.2, -0.15) is 0 Å². The minimum atomic E-state index is 0.528. The van der Waals surface area contributed by atoms with Crippen molar-refractivity contribution < 1.29 is 0 Å². The number of aromatic nitrogens is 2. The summed E-state index contributed by atoms with van der Waals surface area (Å²) in [5.74, 6) is 0.873. The van der Waals surface area contributed by atoms with E-state index in [4.69, 9.17) is 5.73 Å². The predicted molar refractivity (Wildman–Crippen MR) is 65.4 cm³/mol. The summed E-state index contributed by atoms with van der Waals surface area (Å²) in [4.78, 5) is 11.2. The minimum Gasteiger partial charge on any atom is -0.338 e. The fourth-order valence-corrected chi connectivity index (χ4v) is 2.33. The monoisotopic (exact) mass is 220 g/mol. The van der Waals surface area contributed by atoms with E-state index in [1.54, 1.807) is 0 Å². The normalized spacial score (nSPS) is 21.1. The first-order valence-electron chi connectivity index (χ1n) is 6.07. The van der Waals surface area contributed by atoms with E-state index in [9.17, 15) is 0 Å². The van der Waals surface area contributed by atoms with Gasteiger partial charge in [0.1, 0.15) is 0 Å². The molecule has 0 spiro atoms. The van der Waals surface area contributed by atoms with Crippen LogP contribution in [0.15, 0.2) is 12.3 Å². The van der Waals surface area contributed by atoms with Crippen molar-refractivity contribution in [1.82, 2.24) is 9.97 Å². The van der Waals surface area contributed by atoms with Gasteiger partial charge < -0.3 is 10.6 Å². The van der Waals surface area contributed by atoms with E-state index in [2.05, 4.69) is 14.9 Å². The van der Waals surface area contributed by atoms with Crippen molar-refractivity contribution in [3.8, 4) is 0 Å².